The highest BCUT2D eigenvalue weighted by atomic mass is 16.6. The molecule has 1 atom stereocenters. The monoisotopic (exact) mass is 175 g/mol. The van der Waals surface area contributed by atoms with E-state index in [1.165, 1.54) is 0 Å². The van der Waals surface area contributed by atoms with Crippen molar-refractivity contribution in [2.24, 2.45) is 5.73 Å². The third kappa shape index (κ3) is 5.97. The van der Waals surface area contributed by atoms with Gasteiger partial charge in [-0.05, 0) is 27.2 Å². The summed E-state index contributed by atoms with van der Waals surface area (Å²) in [5.74, 6) is 0. The molecule has 0 bridgehead atoms. The second-order valence-corrected chi connectivity index (χ2v) is 3.51. The molecule has 3 N–H and O–H groups in total. The van der Waals surface area contributed by atoms with E-state index in [-0.39, 0.29) is 0 Å². The van der Waals surface area contributed by atoms with E-state index in [1.54, 1.807) is 27.7 Å². The lowest BCUT2D eigenvalue weighted by Gasteiger charge is -2.21. The fourth-order valence-corrected chi connectivity index (χ4v) is 0.523. The zero-order valence-corrected chi connectivity index (χ0v) is 8.10. The van der Waals surface area contributed by atoms with Crippen molar-refractivity contribution < 1.29 is 10.9 Å². The van der Waals surface area contributed by atoms with Crippen molar-refractivity contribution >= 4 is 6.09 Å². The van der Waals surface area contributed by atoms with Crippen LogP contribution in [0.25, 0.3) is 0 Å². The van der Waals surface area contributed by atoms with Gasteiger partial charge >= 0.3 is 6.09 Å². The summed E-state index contributed by atoms with van der Waals surface area (Å²) in [5, 5.41) is 2.25. The van der Waals surface area contributed by atoms with Crippen molar-refractivity contribution in [1.29, 1.82) is 0 Å². The molecule has 0 spiro atoms. The van der Waals surface area contributed by atoms with Gasteiger partial charge in [-0.25, -0.2) is 4.79 Å². The number of carbonyl (C=O) groups is 1. The first-order valence-corrected chi connectivity index (χ1v) is 3.96. The van der Waals surface area contributed by atoms with Gasteiger partial charge < -0.3 is 15.8 Å². The highest BCUT2D eigenvalue weighted by Crippen LogP contribution is 2.06. The minimum atomic E-state index is -1.44. The molecule has 0 saturated heterocycles. The fraction of sp³-hybridized carbons (Fsp3) is 0.875. The molecule has 1 amide bonds. The average Bonchev–Trinajstić information content (AvgIpc) is 1.81. The van der Waals surface area contributed by atoms with Crippen LogP contribution in [0.15, 0.2) is 0 Å². The molecule has 0 aliphatic carbocycles. The molecule has 4 heteroatoms. The van der Waals surface area contributed by atoms with Gasteiger partial charge in [-0.2, -0.15) is 0 Å². The first kappa shape index (κ1) is 9.32. The van der Waals surface area contributed by atoms with E-state index in [9.17, 15) is 4.79 Å². The van der Waals surface area contributed by atoms with E-state index < -0.39 is 17.8 Å². The van der Waals surface area contributed by atoms with Gasteiger partial charge in [-0.3, -0.25) is 0 Å². The minimum absolute atomic E-state index is 0.326. The van der Waals surface area contributed by atoms with Crippen LogP contribution < -0.4 is 11.1 Å². The molecule has 0 aromatic rings. The Kier molecular flexibility index (Phi) is 3.34. The SMILES string of the molecule is [2H]C(N)(CC)NC(=O)OC(C)(C)C. The van der Waals surface area contributed by atoms with Crippen LogP contribution in [-0.4, -0.2) is 17.8 Å². The molecule has 4 nitrogen and oxygen atoms in total. The van der Waals surface area contributed by atoms with Crippen molar-refractivity contribution in [3.05, 3.63) is 0 Å². The number of carbonyl (C=O) groups excluding carboxylic acids is 1. The third-order valence-electron chi connectivity index (χ3n) is 1.04. The predicted octanol–water partition coefficient (Wildman–Crippen LogP) is 1.21. The Labute approximate surface area is 74.9 Å². The molecule has 0 saturated carbocycles. The van der Waals surface area contributed by atoms with Gasteiger partial charge in [-0.1, -0.05) is 6.92 Å². The number of nitrogens with one attached hydrogen (secondary N) is 1. The van der Waals surface area contributed by atoms with Crippen LogP contribution in [0.3, 0.4) is 0 Å². The van der Waals surface area contributed by atoms with E-state index in [1.807, 2.05) is 0 Å². The summed E-state index contributed by atoms with van der Waals surface area (Å²) >= 11 is 0. The van der Waals surface area contributed by atoms with Gasteiger partial charge in [0.1, 0.15) is 5.60 Å². The number of hydrogen-bond acceptors (Lipinski definition) is 3. The normalized spacial score (nSPS) is 17.6. The summed E-state index contributed by atoms with van der Waals surface area (Å²) in [5.41, 5.74) is 4.83. The van der Waals surface area contributed by atoms with Crippen LogP contribution >= 0.6 is 0 Å². The number of amides is 1. The average molecular weight is 175 g/mol. The zero-order valence-electron chi connectivity index (χ0n) is 9.10. The maximum absolute atomic E-state index is 11.1. The first-order valence-electron chi connectivity index (χ1n) is 4.46. The number of ether oxygens (including phenoxy) is 1. The predicted molar refractivity (Wildman–Crippen MR) is 47.6 cm³/mol. The molecule has 0 heterocycles. The molecule has 0 radical (unpaired) electrons. The lowest BCUT2D eigenvalue weighted by molar-refractivity contribution is 0.0504. The fourth-order valence-electron chi connectivity index (χ4n) is 0.523. The van der Waals surface area contributed by atoms with Gasteiger partial charge in [0, 0.05) is 0 Å². The standard InChI is InChI=1S/C8H18N2O2/c1-5-6(9)10-7(11)12-8(2,3)4/h6H,5,9H2,1-4H3,(H,10,11)/i6D. The van der Waals surface area contributed by atoms with Crippen LogP contribution in [0.5, 0.6) is 0 Å². The molecule has 0 aliphatic heterocycles. The maximum Gasteiger partial charge on any atom is 0.408 e. The largest absolute Gasteiger partial charge is 0.444 e. The minimum Gasteiger partial charge on any atom is -0.444 e. The lowest BCUT2D eigenvalue weighted by atomic mass is 10.2. The highest BCUT2D eigenvalue weighted by molar-refractivity contribution is 5.67. The van der Waals surface area contributed by atoms with Crippen molar-refractivity contribution in [2.45, 2.75) is 45.9 Å². The smallest absolute Gasteiger partial charge is 0.408 e. The van der Waals surface area contributed by atoms with Crippen molar-refractivity contribution in [1.82, 2.24) is 5.32 Å². The highest BCUT2D eigenvalue weighted by Gasteiger charge is 2.16. The van der Waals surface area contributed by atoms with Crippen molar-refractivity contribution in [2.75, 3.05) is 0 Å². The first-order chi connectivity index (χ1) is 5.66. The third-order valence-corrected chi connectivity index (χ3v) is 1.04. The van der Waals surface area contributed by atoms with Crippen LogP contribution in [0.4, 0.5) is 4.79 Å². The molecule has 12 heavy (non-hydrogen) atoms. The molecule has 0 aromatic carbocycles. The Balaban J connectivity index is 4.03. The van der Waals surface area contributed by atoms with E-state index in [4.69, 9.17) is 11.8 Å². The molecular weight excluding hydrogens is 156 g/mol. The number of rotatable bonds is 2. The van der Waals surface area contributed by atoms with Crippen LogP contribution in [0.2, 0.25) is 0 Å². The van der Waals surface area contributed by atoms with Gasteiger partial charge in [-0.15, -0.1) is 0 Å². The Morgan fingerprint density at radius 2 is 2.25 bits per heavy atom. The molecule has 72 valence electrons. The van der Waals surface area contributed by atoms with E-state index in [0.717, 1.165) is 0 Å². The summed E-state index contributed by atoms with van der Waals surface area (Å²) in [6.07, 6.45) is -1.78. The number of alkyl carbamates (subject to hydrolysis) is 1. The van der Waals surface area contributed by atoms with Gasteiger partial charge in [0.2, 0.25) is 0 Å². The quantitative estimate of drug-likeness (QED) is 0.620. The lowest BCUT2D eigenvalue weighted by Crippen LogP contribution is -2.43. The van der Waals surface area contributed by atoms with Crippen molar-refractivity contribution in [3.8, 4) is 0 Å². The number of hydrogen-bond donors (Lipinski definition) is 2. The summed E-state index contributed by atoms with van der Waals surface area (Å²) in [6, 6.07) is 0. The Morgan fingerprint density at radius 3 is 2.58 bits per heavy atom. The molecule has 1 unspecified atom stereocenters. The second-order valence-electron chi connectivity index (χ2n) is 3.51. The number of nitrogens with two attached hydrogens (primary N) is 1. The topological polar surface area (TPSA) is 64.3 Å². The van der Waals surface area contributed by atoms with Gasteiger partial charge in [0.15, 0.2) is 0 Å². The van der Waals surface area contributed by atoms with Crippen LogP contribution in [0.1, 0.15) is 35.5 Å². The second kappa shape index (κ2) is 4.30. The Hall–Kier alpha value is -0.770. The van der Waals surface area contributed by atoms with Crippen molar-refractivity contribution in [3.63, 3.8) is 0 Å². The molecule has 0 aliphatic rings. The molecule has 0 fully saturated rings. The molecule has 0 aromatic heterocycles. The van der Waals surface area contributed by atoms with Crippen LogP contribution in [0, 0.1) is 0 Å². The summed E-state index contributed by atoms with van der Waals surface area (Å²) in [6.45, 7) is 6.96. The Morgan fingerprint density at radius 1 is 1.75 bits per heavy atom. The molecule has 0 rings (SSSR count). The summed E-state index contributed by atoms with van der Waals surface area (Å²) < 4.78 is 12.3. The van der Waals surface area contributed by atoms with E-state index in [0.29, 0.717) is 6.42 Å². The van der Waals surface area contributed by atoms with Gasteiger partial charge in [0.25, 0.3) is 0 Å². The Bertz CT molecular complexity index is 187. The van der Waals surface area contributed by atoms with Gasteiger partial charge in [0.05, 0.1) is 7.51 Å². The van der Waals surface area contributed by atoms with E-state index in [2.05, 4.69) is 5.32 Å². The zero-order chi connectivity index (χ0) is 10.7. The maximum atomic E-state index is 11.1. The molecular formula is C8H18N2O2. The van der Waals surface area contributed by atoms with E-state index >= 15 is 0 Å². The van der Waals surface area contributed by atoms with Crippen LogP contribution in [-0.2, 0) is 4.74 Å². The summed E-state index contributed by atoms with van der Waals surface area (Å²) in [4.78, 5) is 11.1. The summed E-state index contributed by atoms with van der Waals surface area (Å²) in [7, 11) is 0.